The molecule has 4 rings (SSSR count). The quantitative estimate of drug-likeness (QED) is 0.312. The van der Waals surface area contributed by atoms with Crippen molar-refractivity contribution in [2.45, 2.75) is 96.2 Å². The average Bonchev–Trinajstić information content (AvgIpc) is 3.40. The van der Waals surface area contributed by atoms with Crippen LogP contribution in [0.3, 0.4) is 0 Å². The summed E-state index contributed by atoms with van der Waals surface area (Å²) in [5, 5.41) is 6.81. The third-order valence-electron chi connectivity index (χ3n) is 9.18. The Morgan fingerprint density at radius 1 is 1.05 bits per heavy atom. The van der Waals surface area contributed by atoms with E-state index >= 15 is 0 Å². The number of esters is 1. The first-order chi connectivity index (χ1) is 21.2. The SMILES string of the molecule is CCC(C)[C@@H]1NC(=O)[C@H](Cc2cn(OC)c3ccccc23)NC(=O)[C@H](CCCCC(=O)OC)CC(=O)[C@H]2CCCCN2C1=O. The van der Waals surface area contributed by atoms with Gasteiger partial charge >= 0.3 is 5.97 Å². The number of para-hydroxylation sites is 1. The molecule has 0 aliphatic carbocycles. The zero-order chi connectivity index (χ0) is 31.8. The molecule has 1 unspecified atom stereocenters. The second-order valence-electron chi connectivity index (χ2n) is 12.0. The highest BCUT2D eigenvalue weighted by Crippen LogP contribution is 2.27. The molecular formula is C33H46N4O7. The lowest BCUT2D eigenvalue weighted by atomic mass is 9.87. The first kappa shape index (κ1) is 33.0. The molecule has 3 amide bonds. The third-order valence-corrected chi connectivity index (χ3v) is 9.18. The van der Waals surface area contributed by atoms with Crippen molar-refractivity contribution in [1.29, 1.82) is 0 Å². The van der Waals surface area contributed by atoms with Crippen LogP contribution in [0.25, 0.3) is 10.9 Å². The third kappa shape index (κ3) is 7.60. The van der Waals surface area contributed by atoms with Gasteiger partial charge in [0, 0.05) is 43.3 Å². The standard InChI is InChI=1S/C33H46N4O7/c1-5-21(2)30-33(42)36-17-11-10-15-27(36)28(38)19-22(12-6-9-16-29(39)43-3)31(40)34-25(32(41)35-30)18-23-20-37(44-4)26-14-8-7-13-24(23)26/h7-8,13-14,20-22,25,27,30H,5-6,9-12,15-19H2,1-4H3,(H,34,40)(H,35,41)/t21?,22-,25+,27-,30+/m1/s1. The number of aromatic nitrogens is 1. The van der Waals surface area contributed by atoms with E-state index in [0.717, 1.165) is 29.3 Å². The fourth-order valence-corrected chi connectivity index (χ4v) is 6.36. The second-order valence-corrected chi connectivity index (χ2v) is 12.0. The Kier molecular flexibility index (Phi) is 11.4. The molecular weight excluding hydrogens is 564 g/mol. The van der Waals surface area contributed by atoms with Crippen LogP contribution in [0, 0.1) is 11.8 Å². The van der Waals surface area contributed by atoms with E-state index in [4.69, 9.17) is 9.57 Å². The highest BCUT2D eigenvalue weighted by molar-refractivity contribution is 5.98. The highest BCUT2D eigenvalue weighted by Gasteiger charge is 2.41. The number of nitrogens with one attached hydrogen (secondary N) is 2. The normalized spacial score (nSPS) is 24.0. The van der Waals surface area contributed by atoms with Gasteiger partial charge in [-0.25, -0.2) is 0 Å². The molecule has 11 heteroatoms. The van der Waals surface area contributed by atoms with Crippen LogP contribution in [0.4, 0.5) is 0 Å². The van der Waals surface area contributed by atoms with Crippen molar-refractivity contribution < 1.29 is 33.5 Å². The van der Waals surface area contributed by atoms with Crippen molar-refractivity contribution >= 4 is 40.4 Å². The molecule has 0 bridgehead atoms. The minimum Gasteiger partial charge on any atom is -0.469 e. The van der Waals surface area contributed by atoms with Crippen LogP contribution < -0.4 is 15.5 Å². The second kappa shape index (κ2) is 15.2. The molecule has 3 heterocycles. The summed E-state index contributed by atoms with van der Waals surface area (Å²) in [6.45, 7) is 4.32. The van der Waals surface area contributed by atoms with Gasteiger partial charge in [-0.2, -0.15) is 4.73 Å². The monoisotopic (exact) mass is 610 g/mol. The molecule has 0 radical (unpaired) electrons. The summed E-state index contributed by atoms with van der Waals surface area (Å²) in [7, 11) is 2.89. The molecule has 1 aromatic carbocycles. The molecule has 0 spiro atoms. The number of ketones is 1. The van der Waals surface area contributed by atoms with E-state index in [1.54, 1.807) is 22.9 Å². The summed E-state index contributed by atoms with van der Waals surface area (Å²) < 4.78 is 6.35. The lowest BCUT2D eigenvalue weighted by Crippen LogP contribution is -2.61. The predicted octanol–water partition coefficient (Wildman–Crippen LogP) is 2.96. The fraction of sp³-hybridized carbons (Fsp3) is 0.606. The van der Waals surface area contributed by atoms with E-state index in [2.05, 4.69) is 10.6 Å². The van der Waals surface area contributed by atoms with Gasteiger partial charge in [0.05, 0.1) is 18.7 Å². The fourth-order valence-electron chi connectivity index (χ4n) is 6.36. The van der Waals surface area contributed by atoms with Crippen LogP contribution in [0.15, 0.2) is 30.5 Å². The first-order valence-corrected chi connectivity index (χ1v) is 15.8. The number of fused-ring (bicyclic) bond motifs is 2. The van der Waals surface area contributed by atoms with Gasteiger partial charge in [0.15, 0.2) is 5.78 Å². The molecule has 1 aromatic heterocycles. The van der Waals surface area contributed by atoms with Crippen LogP contribution >= 0.6 is 0 Å². The van der Waals surface area contributed by atoms with Gasteiger partial charge in [0.25, 0.3) is 0 Å². The Bertz CT molecular complexity index is 1350. The Balaban J connectivity index is 1.69. The van der Waals surface area contributed by atoms with E-state index in [1.165, 1.54) is 7.11 Å². The maximum atomic E-state index is 14.0. The van der Waals surface area contributed by atoms with Crippen molar-refractivity contribution in [3.63, 3.8) is 0 Å². The molecule has 0 saturated carbocycles. The number of rotatable bonds is 10. The number of hydrogen-bond donors (Lipinski definition) is 2. The lowest BCUT2D eigenvalue weighted by Gasteiger charge is -2.39. The van der Waals surface area contributed by atoms with E-state index in [0.29, 0.717) is 38.6 Å². The van der Waals surface area contributed by atoms with E-state index in [1.807, 2.05) is 38.1 Å². The van der Waals surface area contributed by atoms with Crippen LogP contribution in [-0.2, 0) is 35.1 Å². The van der Waals surface area contributed by atoms with Crippen molar-refractivity contribution in [3.05, 3.63) is 36.0 Å². The summed E-state index contributed by atoms with van der Waals surface area (Å²) in [5.74, 6) is -2.44. The van der Waals surface area contributed by atoms with Crippen LogP contribution in [-0.4, -0.2) is 78.0 Å². The number of benzene rings is 1. The van der Waals surface area contributed by atoms with Gasteiger partial charge in [-0.15, -0.1) is 0 Å². The molecule has 2 aliphatic heterocycles. The van der Waals surface area contributed by atoms with Crippen molar-refractivity contribution in [2.75, 3.05) is 20.8 Å². The topological polar surface area (TPSA) is 136 Å². The summed E-state index contributed by atoms with van der Waals surface area (Å²) in [6.07, 6.45) is 6.31. The van der Waals surface area contributed by atoms with Gasteiger partial charge in [0.2, 0.25) is 17.7 Å². The molecule has 44 heavy (non-hydrogen) atoms. The predicted molar refractivity (Wildman–Crippen MR) is 164 cm³/mol. The number of unbranched alkanes of at least 4 members (excludes halogenated alkanes) is 1. The Morgan fingerprint density at radius 2 is 1.82 bits per heavy atom. The largest absolute Gasteiger partial charge is 0.469 e. The molecule has 2 fully saturated rings. The molecule has 2 aromatic rings. The molecule has 11 nitrogen and oxygen atoms in total. The lowest BCUT2D eigenvalue weighted by molar-refractivity contribution is -0.147. The van der Waals surface area contributed by atoms with Gasteiger partial charge < -0.3 is 25.1 Å². The number of methoxy groups -OCH3 is 1. The molecule has 2 aliphatic rings. The Labute approximate surface area is 258 Å². The Hall–Kier alpha value is -3.89. The van der Waals surface area contributed by atoms with Gasteiger partial charge in [-0.3, -0.25) is 24.0 Å². The number of ether oxygens (including phenoxy) is 1. The molecule has 2 N–H and O–H groups in total. The van der Waals surface area contributed by atoms with E-state index in [9.17, 15) is 24.0 Å². The van der Waals surface area contributed by atoms with Gasteiger partial charge in [-0.1, -0.05) is 44.9 Å². The van der Waals surface area contributed by atoms with E-state index in [-0.39, 0.29) is 48.7 Å². The number of amides is 3. The number of carbonyl (C=O) groups excluding carboxylic acids is 5. The van der Waals surface area contributed by atoms with E-state index < -0.39 is 30.0 Å². The summed E-state index contributed by atoms with van der Waals surface area (Å²) in [6, 6.07) is 5.18. The minimum atomic E-state index is -0.998. The summed E-state index contributed by atoms with van der Waals surface area (Å²) in [4.78, 5) is 74.5. The smallest absolute Gasteiger partial charge is 0.305 e. The van der Waals surface area contributed by atoms with Crippen LogP contribution in [0.1, 0.15) is 77.2 Å². The maximum Gasteiger partial charge on any atom is 0.305 e. The van der Waals surface area contributed by atoms with Crippen molar-refractivity contribution in [2.24, 2.45) is 11.8 Å². The number of nitrogens with zero attached hydrogens (tertiary/aromatic N) is 2. The molecule has 5 atom stereocenters. The first-order valence-electron chi connectivity index (χ1n) is 15.8. The number of carbonyl (C=O) groups is 5. The van der Waals surface area contributed by atoms with Crippen LogP contribution in [0.5, 0.6) is 0 Å². The van der Waals surface area contributed by atoms with Crippen molar-refractivity contribution in [1.82, 2.24) is 20.3 Å². The highest BCUT2D eigenvalue weighted by atomic mass is 16.6. The Morgan fingerprint density at radius 3 is 2.55 bits per heavy atom. The minimum absolute atomic E-state index is 0.0379. The maximum absolute atomic E-state index is 14.0. The zero-order valence-corrected chi connectivity index (χ0v) is 26.3. The summed E-state index contributed by atoms with van der Waals surface area (Å²) in [5.41, 5.74) is 1.62. The summed E-state index contributed by atoms with van der Waals surface area (Å²) >= 11 is 0. The van der Waals surface area contributed by atoms with Gasteiger partial charge in [-0.05, 0) is 49.7 Å². The average molecular weight is 611 g/mol. The number of hydrogen-bond acceptors (Lipinski definition) is 7. The molecule has 240 valence electrons. The zero-order valence-electron chi connectivity index (χ0n) is 26.3. The number of Topliss-reactive ketones (excluding diaryl/α,β-unsaturated/α-hetero) is 1. The van der Waals surface area contributed by atoms with Gasteiger partial charge in [0.1, 0.15) is 19.2 Å². The number of piperidine rings is 1. The van der Waals surface area contributed by atoms with Crippen LogP contribution in [0.2, 0.25) is 0 Å². The van der Waals surface area contributed by atoms with Crippen molar-refractivity contribution in [3.8, 4) is 0 Å². The molecule has 2 saturated heterocycles.